The number of carbonyl (C=O) groups is 1. The van der Waals surface area contributed by atoms with Crippen molar-refractivity contribution in [2.45, 2.75) is 26.9 Å². The molecule has 1 N–H and O–H groups in total. The van der Waals surface area contributed by atoms with Crippen LogP contribution in [-0.2, 0) is 17.9 Å². The van der Waals surface area contributed by atoms with E-state index in [4.69, 9.17) is 21.7 Å². The van der Waals surface area contributed by atoms with Crippen molar-refractivity contribution >= 4 is 18.1 Å². The van der Waals surface area contributed by atoms with Crippen LogP contribution >= 0.6 is 12.2 Å². The Labute approximate surface area is 181 Å². The molecule has 0 saturated carbocycles. The number of hydrogen-bond donors (Lipinski definition) is 1. The summed E-state index contributed by atoms with van der Waals surface area (Å²) < 4.78 is 12.8. The number of methoxy groups -OCH3 is 2. The van der Waals surface area contributed by atoms with E-state index in [0.717, 1.165) is 16.7 Å². The highest BCUT2D eigenvalue weighted by Gasteiger charge is 2.18. The summed E-state index contributed by atoms with van der Waals surface area (Å²) in [4.78, 5) is 14.8. The second-order valence-corrected chi connectivity index (χ2v) is 7.29. The summed E-state index contributed by atoms with van der Waals surface area (Å²) in [7, 11) is 3.19. The van der Waals surface area contributed by atoms with Crippen molar-refractivity contribution in [3.8, 4) is 22.9 Å². The molecule has 0 spiro atoms. The maximum atomic E-state index is 13.1. The lowest BCUT2D eigenvalue weighted by atomic mass is 10.1. The number of nitrogens with zero attached hydrogens (tertiary/aromatic N) is 3. The maximum absolute atomic E-state index is 13.1. The number of benzene rings is 2. The molecule has 1 amide bonds. The number of ether oxygens (including phenoxy) is 2. The number of amides is 1. The van der Waals surface area contributed by atoms with Crippen LogP contribution < -0.4 is 9.47 Å². The van der Waals surface area contributed by atoms with E-state index in [2.05, 4.69) is 10.2 Å². The molecule has 30 heavy (non-hydrogen) atoms. The molecule has 0 atom stereocenters. The number of aromatic nitrogens is 3. The molecule has 0 aliphatic carbocycles. The number of nitrogens with one attached hydrogen (secondary N) is 1. The molecule has 0 fully saturated rings. The van der Waals surface area contributed by atoms with Crippen LogP contribution in [0.2, 0.25) is 0 Å². The predicted molar refractivity (Wildman–Crippen MR) is 118 cm³/mol. The average Bonchev–Trinajstić information content (AvgIpc) is 3.12. The van der Waals surface area contributed by atoms with Crippen LogP contribution in [0.1, 0.15) is 18.1 Å². The molecule has 158 valence electrons. The lowest BCUT2D eigenvalue weighted by molar-refractivity contribution is -0.132. The molecule has 0 bridgehead atoms. The number of likely N-dealkylation sites (N-methyl/N-ethyl adjacent to an activating group) is 1. The van der Waals surface area contributed by atoms with Crippen molar-refractivity contribution in [1.29, 1.82) is 0 Å². The molecular weight excluding hydrogens is 400 g/mol. The van der Waals surface area contributed by atoms with Crippen molar-refractivity contribution in [1.82, 2.24) is 19.7 Å². The number of carbonyl (C=O) groups excluding carboxylic acids is 1. The normalized spacial score (nSPS) is 10.7. The number of hydrogen-bond acceptors (Lipinski definition) is 5. The summed E-state index contributed by atoms with van der Waals surface area (Å²) in [5.41, 5.74) is 3.02. The van der Waals surface area contributed by atoms with Gasteiger partial charge in [0.2, 0.25) is 5.91 Å². The van der Waals surface area contributed by atoms with Crippen LogP contribution in [0.5, 0.6) is 11.5 Å². The van der Waals surface area contributed by atoms with Gasteiger partial charge in [-0.3, -0.25) is 14.5 Å². The fraction of sp³-hybridized carbons (Fsp3) is 0.318. The summed E-state index contributed by atoms with van der Waals surface area (Å²) in [6, 6.07) is 13.6. The lowest BCUT2D eigenvalue weighted by Crippen LogP contribution is -2.33. The summed E-state index contributed by atoms with van der Waals surface area (Å²) in [6.45, 7) is 5.12. The molecular formula is C22H26N4O3S. The predicted octanol–water partition coefficient (Wildman–Crippen LogP) is 3.98. The monoisotopic (exact) mass is 426 g/mol. The first-order valence-corrected chi connectivity index (χ1v) is 10.1. The minimum Gasteiger partial charge on any atom is -0.493 e. The SMILES string of the molecule is CCN(Cc1ccc(OC)c(OC)c1)C(=O)Cn1c(-c2ccc(C)cc2)n[nH]c1=S. The number of rotatable bonds is 8. The van der Waals surface area contributed by atoms with E-state index in [1.165, 1.54) is 0 Å². The first-order valence-electron chi connectivity index (χ1n) is 9.67. The van der Waals surface area contributed by atoms with E-state index < -0.39 is 0 Å². The van der Waals surface area contributed by atoms with Crippen LogP contribution in [0.15, 0.2) is 42.5 Å². The van der Waals surface area contributed by atoms with Gasteiger partial charge >= 0.3 is 0 Å². The molecule has 1 aromatic heterocycles. The van der Waals surface area contributed by atoms with Crippen molar-refractivity contribution < 1.29 is 14.3 Å². The van der Waals surface area contributed by atoms with Gasteiger partial charge in [0.25, 0.3) is 0 Å². The van der Waals surface area contributed by atoms with E-state index >= 15 is 0 Å². The number of aryl methyl sites for hydroxylation is 1. The Morgan fingerprint density at radius 3 is 2.47 bits per heavy atom. The van der Waals surface area contributed by atoms with Crippen LogP contribution in [0.25, 0.3) is 11.4 Å². The minimum absolute atomic E-state index is 0.0434. The third-order valence-corrected chi connectivity index (χ3v) is 5.23. The zero-order chi connectivity index (χ0) is 21.7. The van der Waals surface area contributed by atoms with Crippen LogP contribution in [0, 0.1) is 11.7 Å². The van der Waals surface area contributed by atoms with Crippen LogP contribution in [0.3, 0.4) is 0 Å². The Bertz CT molecular complexity index is 1070. The third kappa shape index (κ3) is 4.71. The minimum atomic E-state index is -0.0434. The summed E-state index contributed by atoms with van der Waals surface area (Å²) in [6.07, 6.45) is 0. The quantitative estimate of drug-likeness (QED) is 0.552. The Balaban J connectivity index is 1.80. The molecule has 8 heteroatoms. The first-order chi connectivity index (χ1) is 14.5. The molecule has 3 aromatic rings. The van der Waals surface area contributed by atoms with Gasteiger partial charge in [-0.1, -0.05) is 35.9 Å². The van der Waals surface area contributed by atoms with Gasteiger partial charge in [-0.25, -0.2) is 0 Å². The highest BCUT2D eigenvalue weighted by molar-refractivity contribution is 7.71. The molecule has 1 heterocycles. The van der Waals surface area contributed by atoms with E-state index in [1.54, 1.807) is 23.7 Å². The van der Waals surface area contributed by atoms with Gasteiger partial charge in [0.1, 0.15) is 6.54 Å². The molecule has 0 saturated heterocycles. The number of aromatic amines is 1. The van der Waals surface area contributed by atoms with Crippen molar-refractivity contribution in [2.75, 3.05) is 20.8 Å². The zero-order valence-electron chi connectivity index (χ0n) is 17.6. The average molecular weight is 427 g/mol. The van der Waals surface area contributed by atoms with Crippen molar-refractivity contribution in [2.24, 2.45) is 0 Å². The van der Waals surface area contributed by atoms with E-state index in [0.29, 0.717) is 35.2 Å². The third-order valence-electron chi connectivity index (χ3n) is 4.92. The largest absolute Gasteiger partial charge is 0.493 e. The number of H-pyrrole nitrogens is 1. The standard InChI is InChI=1S/C22H26N4O3S/c1-5-25(13-16-8-11-18(28-3)19(12-16)29-4)20(27)14-26-21(23-24-22(26)30)17-9-6-15(2)7-10-17/h6-12H,5,13-14H2,1-4H3,(H,24,30). The fourth-order valence-corrected chi connectivity index (χ4v) is 3.40. The topological polar surface area (TPSA) is 72.4 Å². The van der Waals surface area contributed by atoms with E-state index in [-0.39, 0.29) is 12.5 Å². The highest BCUT2D eigenvalue weighted by Crippen LogP contribution is 2.28. The van der Waals surface area contributed by atoms with E-state index in [1.807, 2.05) is 56.3 Å². The Hall–Kier alpha value is -3.13. The van der Waals surface area contributed by atoms with Gasteiger partial charge in [-0.15, -0.1) is 0 Å². The lowest BCUT2D eigenvalue weighted by Gasteiger charge is -2.22. The maximum Gasteiger partial charge on any atom is 0.242 e. The van der Waals surface area contributed by atoms with Crippen LogP contribution in [-0.4, -0.2) is 46.3 Å². The second-order valence-electron chi connectivity index (χ2n) is 6.90. The van der Waals surface area contributed by atoms with Crippen molar-refractivity contribution in [3.63, 3.8) is 0 Å². The van der Waals surface area contributed by atoms with Gasteiger partial charge in [0, 0.05) is 18.7 Å². The molecule has 7 nitrogen and oxygen atoms in total. The summed E-state index contributed by atoms with van der Waals surface area (Å²) in [5.74, 6) is 1.90. The summed E-state index contributed by atoms with van der Waals surface area (Å²) >= 11 is 5.37. The molecule has 0 unspecified atom stereocenters. The molecule has 0 aliphatic rings. The highest BCUT2D eigenvalue weighted by atomic mass is 32.1. The van der Waals surface area contributed by atoms with Gasteiger partial charge in [0.05, 0.1) is 14.2 Å². The smallest absolute Gasteiger partial charge is 0.242 e. The fourth-order valence-electron chi connectivity index (χ4n) is 3.20. The van der Waals surface area contributed by atoms with Gasteiger partial charge < -0.3 is 14.4 Å². The zero-order valence-corrected chi connectivity index (χ0v) is 18.5. The first kappa shape index (κ1) is 21.6. The van der Waals surface area contributed by atoms with Crippen LogP contribution in [0.4, 0.5) is 0 Å². The molecule has 0 aliphatic heterocycles. The van der Waals surface area contributed by atoms with Crippen molar-refractivity contribution in [3.05, 3.63) is 58.4 Å². The molecule has 2 aromatic carbocycles. The Morgan fingerprint density at radius 1 is 1.13 bits per heavy atom. The van der Waals surface area contributed by atoms with Gasteiger partial charge in [-0.2, -0.15) is 5.10 Å². The van der Waals surface area contributed by atoms with Gasteiger partial charge in [0.15, 0.2) is 22.1 Å². The second kappa shape index (κ2) is 9.58. The Morgan fingerprint density at radius 2 is 1.83 bits per heavy atom. The van der Waals surface area contributed by atoms with Gasteiger partial charge in [-0.05, 0) is 43.8 Å². The Kier molecular flexibility index (Phi) is 6.89. The van der Waals surface area contributed by atoms with E-state index in [9.17, 15) is 4.79 Å². The summed E-state index contributed by atoms with van der Waals surface area (Å²) in [5, 5.41) is 7.13. The molecule has 3 rings (SSSR count). The molecule has 0 radical (unpaired) electrons.